The number of amides is 1. The number of hydrogen-bond acceptors (Lipinski definition) is 5. The fourth-order valence-electron chi connectivity index (χ4n) is 2.05. The summed E-state index contributed by atoms with van der Waals surface area (Å²) in [6, 6.07) is 3.61. The van der Waals surface area contributed by atoms with Crippen LogP contribution >= 0.6 is 0 Å². The van der Waals surface area contributed by atoms with E-state index < -0.39 is 16.0 Å². The molecule has 0 unspecified atom stereocenters. The Balaban J connectivity index is 2.46. The monoisotopic (exact) mass is 313 g/mol. The predicted octanol–water partition coefficient (Wildman–Crippen LogP) is -0.522. The van der Waals surface area contributed by atoms with Crippen molar-refractivity contribution >= 4 is 27.6 Å². The van der Waals surface area contributed by atoms with Crippen molar-refractivity contribution < 1.29 is 23.1 Å². The van der Waals surface area contributed by atoms with Gasteiger partial charge in [-0.1, -0.05) is 0 Å². The summed E-state index contributed by atoms with van der Waals surface area (Å²) < 4.78 is 26.3. The van der Waals surface area contributed by atoms with Crippen molar-refractivity contribution in [1.29, 1.82) is 0 Å². The van der Waals surface area contributed by atoms with Crippen LogP contribution in [-0.4, -0.2) is 49.3 Å². The molecule has 1 aliphatic heterocycles. The maximum Gasteiger partial charge on any atom is 0.337 e. The number of carbonyl (C=O) groups excluding carboxylic acids is 1. The van der Waals surface area contributed by atoms with E-state index in [2.05, 4.69) is 5.32 Å². The van der Waals surface area contributed by atoms with Crippen LogP contribution in [0.15, 0.2) is 23.1 Å². The average molecular weight is 313 g/mol. The van der Waals surface area contributed by atoms with E-state index in [9.17, 15) is 18.0 Å². The van der Waals surface area contributed by atoms with Crippen LogP contribution in [-0.2, 0) is 14.8 Å². The van der Waals surface area contributed by atoms with Gasteiger partial charge in [0.25, 0.3) is 0 Å². The summed E-state index contributed by atoms with van der Waals surface area (Å²) in [5.74, 6) is -1.59. The van der Waals surface area contributed by atoms with E-state index in [1.54, 1.807) is 0 Å². The molecule has 1 aliphatic rings. The Morgan fingerprint density at radius 2 is 2.05 bits per heavy atom. The lowest BCUT2D eigenvalue weighted by atomic mass is 10.2. The molecule has 114 valence electrons. The fraction of sp³-hybridized carbons (Fsp3) is 0.333. The van der Waals surface area contributed by atoms with Gasteiger partial charge in [0.05, 0.1) is 10.5 Å². The van der Waals surface area contributed by atoms with Gasteiger partial charge in [-0.3, -0.25) is 4.79 Å². The zero-order valence-electron chi connectivity index (χ0n) is 11.1. The van der Waals surface area contributed by atoms with Crippen molar-refractivity contribution in [2.75, 3.05) is 25.4 Å². The molecule has 0 aliphatic carbocycles. The second-order valence-electron chi connectivity index (χ2n) is 4.56. The molecule has 1 aromatic rings. The summed E-state index contributed by atoms with van der Waals surface area (Å²) in [5.41, 5.74) is 5.38. The topological polar surface area (TPSA) is 130 Å². The van der Waals surface area contributed by atoms with Gasteiger partial charge in [-0.05, 0) is 18.2 Å². The van der Waals surface area contributed by atoms with Gasteiger partial charge < -0.3 is 16.2 Å². The van der Waals surface area contributed by atoms with Crippen LogP contribution < -0.4 is 11.1 Å². The molecule has 1 saturated heterocycles. The molecule has 8 nitrogen and oxygen atoms in total. The van der Waals surface area contributed by atoms with Crippen molar-refractivity contribution in [3.63, 3.8) is 0 Å². The lowest BCUT2D eigenvalue weighted by Crippen LogP contribution is -2.35. The summed E-state index contributed by atoms with van der Waals surface area (Å²) >= 11 is 0. The highest BCUT2D eigenvalue weighted by molar-refractivity contribution is 7.89. The van der Waals surface area contributed by atoms with E-state index in [4.69, 9.17) is 10.8 Å². The van der Waals surface area contributed by atoms with Crippen LogP contribution in [0.4, 0.5) is 5.69 Å². The number of sulfonamides is 1. The van der Waals surface area contributed by atoms with E-state index in [1.165, 1.54) is 6.07 Å². The smallest absolute Gasteiger partial charge is 0.337 e. The quantitative estimate of drug-likeness (QED) is 0.644. The maximum atomic E-state index is 12.6. The first-order valence-electron chi connectivity index (χ1n) is 6.22. The molecule has 1 fully saturated rings. The Morgan fingerprint density at radius 1 is 1.33 bits per heavy atom. The summed E-state index contributed by atoms with van der Waals surface area (Å²) in [7, 11) is -4.03. The average Bonchev–Trinajstić information content (AvgIpc) is 2.63. The fourth-order valence-corrected chi connectivity index (χ4v) is 3.71. The van der Waals surface area contributed by atoms with E-state index in [0.29, 0.717) is 0 Å². The van der Waals surface area contributed by atoms with Gasteiger partial charge in [-0.2, -0.15) is 4.31 Å². The third kappa shape index (κ3) is 3.14. The Labute approximate surface area is 121 Å². The largest absolute Gasteiger partial charge is 0.478 e. The van der Waals surface area contributed by atoms with Crippen molar-refractivity contribution in [3.05, 3.63) is 23.8 Å². The molecular formula is C12H15N3O5S. The molecule has 4 N–H and O–H groups in total. The van der Waals surface area contributed by atoms with Crippen molar-refractivity contribution in [2.24, 2.45) is 0 Å². The Kier molecular flexibility index (Phi) is 4.14. The molecule has 21 heavy (non-hydrogen) atoms. The van der Waals surface area contributed by atoms with Crippen LogP contribution in [0, 0.1) is 0 Å². The zero-order chi connectivity index (χ0) is 15.6. The van der Waals surface area contributed by atoms with Gasteiger partial charge in [0.1, 0.15) is 0 Å². The number of anilines is 1. The second kappa shape index (κ2) is 5.70. The molecule has 9 heteroatoms. The summed E-state index contributed by atoms with van der Waals surface area (Å²) in [6.45, 7) is 0.271. The summed E-state index contributed by atoms with van der Waals surface area (Å²) in [4.78, 5) is 22.1. The van der Waals surface area contributed by atoms with Gasteiger partial charge >= 0.3 is 5.97 Å². The molecule has 0 radical (unpaired) electrons. The third-order valence-electron chi connectivity index (χ3n) is 3.13. The number of benzene rings is 1. The minimum atomic E-state index is -4.03. The minimum absolute atomic E-state index is 0.00201. The van der Waals surface area contributed by atoms with E-state index in [1.807, 2.05) is 0 Å². The van der Waals surface area contributed by atoms with Crippen molar-refractivity contribution in [2.45, 2.75) is 11.3 Å². The van der Waals surface area contributed by atoms with Gasteiger partial charge in [0.2, 0.25) is 15.9 Å². The van der Waals surface area contributed by atoms with E-state index in [-0.39, 0.29) is 48.1 Å². The number of nitrogen functional groups attached to an aromatic ring is 1. The van der Waals surface area contributed by atoms with Crippen LogP contribution in [0.5, 0.6) is 0 Å². The van der Waals surface area contributed by atoms with Gasteiger partial charge in [0.15, 0.2) is 0 Å². The zero-order valence-corrected chi connectivity index (χ0v) is 11.9. The molecule has 1 amide bonds. The van der Waals surface area contributed by atoms with Crippen LogP contribution in [0.3, 0.4) is 0 Å². The first kappa shape index (κ1) is 15.3. The van der Waals surface area contributed by atoms with Gasteiger partial charge in [0, 0.05) is 31.7 Å². The third-order valence-corrected chi connectivity index (χ3v) is 5.06. The molecule has 0 bridgehead atoms. The van der Waals surface area contributed by atoms with Crippen molar-refractivity contribution in [3.8, 4) is 0 Å². The Morgan fingerprint density at radius 3 is 2.71 bits per heavy atom. The molecule has 2 rings (SSSR count). The number of rotatable bonds is 3. The lowest BCUT2D eigenvalue weighted by Gasteiger charge is -2.20. The highest BCUT2D eigenvalue weighted by Crippen LogP contribution is 2.23. The normalized spacial score (nSPS) is 17.0. The SMILES string of the molecule is Nc1ccc(C(=O)O)c(S(=O)(=O)N2CCNC(=O)CC2)c1. The second-order valence-corrected chi connectivity index (χ2v) is 6.47. The Bertz CT molecular complexity index is 686. The number of carboxylic acids is 1. The lowest BCUT2D eigenvalue weighted by molar-refractivity contribution is -0.120. The van der Waals surface area contributed by atoms with E-state index >= 15 is 0 Å². The minimum Gasteiger partial charge on any atom is -0.478 e. The first-order chi connectivity index (χ1) is 9.82. The Hall–Kier alpha value is -2.13. The van der Waals surface area contributed by atoms with Gasteiger partial charge in [-0.15, -0.1) is 0 Å². The van der Waals surface area contributed by atoms with Crippen LogP contribution in [0.2, 0.25) is 0 Å². The van der Waals surface area contributed by atoms with Crippen molar-refractivity contribution in [1.82, 2.24) is 9.62 Å². The number of nitrogens with two attached hydrogens (primary N) is 1. The molecular weight excluding hydrogens is 298 g/mol. The van der Waals surface area contributed by atoms with Crippen LogP contribution in [0.1, 0.15) is 16.8 Å². The molecule has 0 atom stereocenters. The number of aromatic carboxylic acids is 1. The molecule has 1 aromatic carbocycles. The molecule has 1 heterocycles. The first-order valence-corrected chi connectivity index (χ1v) is 7.66. The van der Waals surface area contributed by atoms with Crippen LogP contribution in [0.25, 0.3) is 0 Å². The highest BCUT2D eigenvalue weighted by atomic mass is 32.2. The standard InChI is InChI=1S/C12H15N3O5S/c13-8-1-2-9(12(17)18)10(7-8)21(19,20)15-5-3-11(16)14-4-6-15/h1-2,7H,3-6,13H2,(H,14,16)(H,17,18). The summed E-state index contributed by atoms with van der Waals surface area (Å²) in [5, 5.41) is 11.7. The molecule has 0 saturated carbocycles. The van der Waals surface area contributed by atoms with Gasteiger partial charge in [-0.25, -0.2) is 13.2 Å². The number of carboxylic acid groups (broad SMARTS) is 1. The highest BCUT2D eigenvalue weighted by Gasteiger charge is 2.30. The number of hydrogen-bond donors (Lipinski definition) is 3. The summed E-state index contributed by atoms with van der Waals surface area (Å²) in [6.07, 6.45) is 0.0317. The maximum absolute atomic E-state index is 12.6. The van der Waals surface area contributed by atoms with E-state index in [0.717, 1.165) is 16.4 Å². The number of nitrogens with zero attached hydrogens (tertiary/aromatic N) is 1. The molecule has 0 spiro atoms. The predicted molar refractivity (Wildman–Crippen MR) is 74.2 cm³/mol. The molecule has 0 aromatic heterocycles. The number of nitrogens with one attached hydrogen (secondary N) is 1. The number of carbonyl (C=O) groups is 2.